The highest BCUT2D eigenvalue weighted by atomic mass is 32.3. The Morgan fingerprint density at radius 1 is 1.03 bits per heavy atom. The van der Waals surface area contributed by atoms with E-state index in [4.69, 9.17) is 22.3 Å². The van der Waals surface area contributed by atoms with Crippen LogP contribution < -0.4 is 0 Å². The molecule has 0 unspecified atom stereocenters. The molecule has 7 nitrogen and oxygen atoms in total. The highest BCUT2D eigenvalue weighted by Crippen LogP contribution is 2.52. The van der Waals surface area contributed by atoms with E-state index in [1.165, 1.54) is 22.9 Å². The molecule has 3 N–H and O–H groups in total. The Kier molecular flexibility index (Phi) is 6.36. The lowest BCUT2D eigenvalue weighted by molar-refractivity contribution is -0.113. The molecular formula is C24H29FN2O5S. The first kappa shape index (κ1) is 23.8. The Bertz CT molecular complexity index is 1220. The number of nitrogens with zero attached hydrogens (tertiary/aromatic N) is 1. The summed E-state index contributed by atoms with van der Waals surface area (Å²) < 4.78 is 51.9. The van der Waals surface area contributed by atoms with Gasteiger partial charge in [-0.25, -0.2) is 4.39 Å². The Hall–Kier alpha value is -2.30. The van der Waals surface area contributed by atoms with Crippen LogP contribution in [0, 0.1) is 5.82 Å². The van der Waals surface area contributed by atoms with Gasteiger partial charge in [-0.2, -0.15) is 8.42 Å². The van der Waals surface area contributed by atoms with Gasteiger partial charge >= 0.3 is 10.4 Å². The minimum Gasteiger partial charge on any atom is -0.368 e. The standard InChI is InChI=1S/C24H27FN2O.H2O4S/c1-27(2)23(17-6-4-3-5-7-17)11-13-24(14-12-23)22-19(10-15-28-24)20-16-18(25)8-9-21(20)26-22;1-5(2,3)4/h3-9,16,26H,10-15H2,1-2H3;(H2,1,2,3,4)/t23-,24+;. The third kappa shape index (κ3) is 4.69. The average molecular weight is 477 g/mol. The molecular weight excluding hydrogens is 447 g/mol. The molecule has 33 heavy (non-hydrogen) atoms. The van der Waals surface area contributed by atoms with E-state index in [-0.39, 0.29) is 17.0 Å². The maximum Gasteiger partial charge on any atom is 0.394 e. The molecule has 2 aliphatic rings. The number of halogens is 1. The molecule has 0 radical (unpaired) electrons. The summed E-state index contributed by atoms with van der Waals surface area (Å²) in [6, 6.07) is 15.9. The van der Waals surface area contributed by atoms with Gasteiger partial charge in [0.15, 0.2) is 0 Å². The zero-order valence-electron chi connectivity index (χ0n) is 18.7. The number of rotatable bonds is 2. The number of benzene rings is 2. The third-order valence-electron chi connectivity index (χ3n) is 7.11. The summed E-state index contributed by atoms with van der Waals surface area (Å²) >= 11 is 0. The van der Waals surface area contributed by atoms with Gasteiger partial charge < -0.3 is 9.72 Å². The number of nitrogens with one attached hydrogen (secondary N) is 1. The van der Waals surface area contributed by atoms with E-state index in [1.54, 1.807) is 6.07 Å². The summed E-state index contributed by atoms with van der Waals surface area (Å²) in [5.41, 5.74) is 4.58. The van der Waals surface area contributed by atoms with Crippen LogP contribution in [0.5, 0.6) is 0 Å². The summed E-state index contributed by atoms with van der Waals surface area (Å²) in [7, 11) is -0.298. The summed E-state index contributed by atoms with van der Waals surface area (Å²) in [5, 5.41) is 1.02. The third-order valence-corrected chi connectivity index (χ3v) is 7.11. The van der Waals surface area contributed by atoms with E-state index >= 15 is 0 Å². The second kappa shape index (κ2) is 8.81. The van der Waals surface area contributed by atoms with Crippen LogP contribution in [-0.4, -0.2) is 48.1 Å². The van der Waals surface area contributed by atoms with Crippen molar-refractivity contribution in [2.75, 3.05) is 20.7 Å². The largest absolute Gasteiger partial charge is 0.394 e. The lowest BCUT2D eigenvalue weighted by Crippen LogP contribution is -2.50. The Morgan fingerprint density at radius 3 is 2.27 bits per heavy atom. The van der Waals surface area contributed by atoms with Gasteiger partial charge in [-0.15, -0.1) is 0 Å². The molecule has 2 heterocycles. The highest BCUT2D eigenvalue weighted by Gasteiger charge is 2.49. The second-order valence-electron chi connectivity index (χ2n) is 9.00. The van der Waals surface area contributed by atoms with Crippen molar-refractivity contribution >= 4 is 21.3 Å². The molecule has 0 saturated heterocycles. The van der Waals surface area contributed by atoms with Crippen LogP contribution in [0.25, 0.3) is 10.9 Å². The van der Waals surface area contributed by atoms with Gasteiger partial charge in [-0.3, -0.25) is 14.0 Å². The quantitative estimate of drug-likeness (QED) is 0.472. The molecule has 1 saturated carbocycles. The van der Waals surface area contributed by atoms with Gasteiger partial charge in [0.05, 0.1) is 12.3 Å². The van der Waals surface area contributed by atoms with Crippen LogP contribution in [-0.2, 0) is 32.7 Å². The van der Waals surface area contributed by atoms with E-state index in [1.807, 2.05) is 6.07 Å². The van der Waals surface area contributed by atoms with Crippen LogP contribution in [0.15, 0.2) is 48.5 Å². The molecule has 0 amide bonds. The lowest BCUT2D eigenvalue weighted by Gasteiger charge is -2.50. The molecule has 5 rings (SSSR count). The van der Waals surface area contributed by atoms with Crippen molar-refractivity contribution in [1.82, 2.24) is 9.88 Å². The van der Waals surface area contributed by atoms with E-state index in [9.17, 15) is 4.39 Å². The van der Waals surface area contributed by atoms with Crippen LogP contribution in [0.2, 0.25) is 0 Å². The van der Waals surface area contributed by atoms with Crippen LogP contribution >= 0.6 is 0 Å². The normalized spacial score (nSPS) is 25.0. The van der Waals surface area contributed by atoms with Gasteiger partial charge in [-0.1, -0.05) is 30.3 Å². The monoisotopic (exact) mass is 476 g/mol. The van der Waals surface area contributed by atoms with Gasteiger partial charge in [0.2, 0.25) is 0 Å². The summed E-state index contributed by atoms with van der Waals surface area (Å²) in [6.07, 6.45) is 4.84. The smallest absolute Gasteiger partial charge is 0.368 e. The van der Waals surface area contributed by atoms with Gasteiger partial charge in [0.25, 0.3) is 0 Å². The molecule has 178 valence electrons. The van der Waals surface area contributed by atoms with Crippen molar-refractivity contribution in [3.63, 3.8) is 0 Å². The van der Waals surface area contributed by atoms with Gasteiger partial charge in [-0.05, 0) is 75.5 Å². The fraction of sp³-hybridized carbons (Fsp3) is 0.417. The van der Waals surface area contributed by atoms with Gasteiger partial charge in [0, 0.05) is 16.4 Å². The fourth-order valence-electron chi connectivity index (χ4n) is 5.49. The number of ether oxygens (including phenoxy) is 1. The Labute approximate surface area is 193 Å². The van der Waals surface area contributed by atoms with Crippen molar-refractivity contribution < 1.29 is 26.7 Å². The first-order valence-electron chi connectivity index (χ1n) is 10.9. The summed E-state index contributed by atoms with van der Waals surface area (Å²) in [5.74, 6) is -0.172. The van der Waals surface area contributed by atoms with Crippen molar-refractivity contribution in [3.05, 3.63) is 71.2 Å². The van der Waals surface area contributed by atoms with Crippen molar-refractivity contribution in [2.24, 2.45) is 0 Å². The van der Waals surface area contributed by atoms with E-state index < -0.39 is 10.4 Å². The molecule has 0 bridgehead atoms. The predicted molar refractivity (Wildman–Crippen MR) is 124 cm³/mol. The number of H-pyrrole nitrogens is 1. The topological polar surface area (TPSA) is 103 Å². The van der Waals surface area contributed by atoms with Crippen LogP contribution in [0.1, 0.15) is 42.5 Å². The Morgan fingerprint density at radius 2 is 1.67 bits per heavy atom. The highest BCUT2D eigenvalue weighted by molar-refractivity contribution is 7.79. The second-order valence-corrected chi connectivity index (χ2v) is 9.90. The molecule has 1 aliphatic carbocycles. The summed E-state index contributed by atoms with van der Waals surface area (Å²) in [6.45, 7) is 0.705. The van der Waals surface area contributed by atoms with E-state index in [0.717, 1.165) is 43.0 Å². The number of hydrogen-bond donors (Lipinski definition) is 3. The molecule has 1 fully saturated rings. The van der Waals surface area contributed by atoms with E-state index in [2.05, 4.69) is 54.3 Å². The molecule has 1 aliphatic heterocycles. The molecule has 3 aromatic rings. The fourth-order valence-corrected chi connectivity index (χ4v) is 5.49. The number of hydrogen-bond acceptors (Lipinski definition) is 4. The summed E-state index contributed by atoms with van der Waals surface area (Å²) in [4.78, 5) is 5.97. The predicted octanol–water partition coefficient (Wildman–Crippen LogP) is 4.45. The van der Waals surface area contributed by atoms with E-state index in [0.29, 0.717) is 6.61 Å². The molecule has 9 heteroatoms. The average Bonchev–Trinajstić information content (AvgIpc) is 3.13. The van der Waals surface area contributed by atoms with Gasteiger partial charge in [0.1, 0.15) is 11.4 Å². The first-order chi connectivity index (χ1) is 15.5. The van der Waals surface area contributed by atoms with Crippen LogP contribution in [0.4, 0.5) is 4.39 Å². The first-order valence-corrected chi connectivity index (χ1v) is 12.3. The number of aromatic amines is 1. The maximum atomic E-state index is 13.8. The molecule has 0 atom stereocenters. The van der Waals surface area contributed by atoms with Crippen molar-refractivity contribution in [1.29, 1.82) is 0 Å². The molecule has 1 spiro atoms. The molecule has 2 aromatic carbocycles. The zero-order chi connectivity index (χ0) is 23.9. The lowest BCUT2D eigenvalue weighted by atomic mass is 9.68. The molecule has 1 aromatic heterocycles. The number of fused-ring (bicyclic) bond motifs is 4. The number of aromatic nitrogens is 1. The Balaban J connectivity index is 0.000000471. The maximum absolute atomic E-state index is 13.8. The van der Waals surface area contributed by atoms with Crippen molar-refractivity contribution in [2.45, 2.75) is 43.2 Å². The SMILES string of the molecule is CN(C)[C@]1(c2ccccc2)CC[C@@]2(CC1)OCCc1c3cc(F)ccc3[nH]c12.O=S(=O)(O)O. The minimum atomic E-state index is -4.67. The minimum absolute atomic E-state index is 0.0333. The zero-order valence-corrected chi connectivity index (χ0v) is 19.5. The van der Waals surface area contributed by atoms with Crippen molar-refractivity contribution in [3.8, 4) is 0 Å². The van der Waals surface area contributed by atoms with Crippen LogP contribution in [0.3, 0.4) is 0 Å².